The molecule has 1 aliphatic rings. The van der Waals surface area contributed by atoms with Gasteiger partial charge in [0.1, 0.15) is 11.4 Å². The van der Waals surface area contributed by atoms with Crippen molar-refractivity contribution in [3.05, 3.63) is 92.5 Å². The molecular weight excluding hydrogens is 574 g/mol. The largest absolute Gasteiger partial charge is 0.496 e. The Bertz CT molecular complexity index is 1890. The number of aromatic amines is 1. The number of rotatable bonds is 11. The second-order valence-corrected chi connectivity index (χ2v) is 11.8. The lowest BCUT2D eigenvalue weighted by molar-refractivity contribution is -0.0232. The summed E-state index contributed by atoms with van der Waals surface area (Å²) in [5.41, 5.74) is 5.78. The molecule has 2 N–H and O–H groups in total. The van der Waals surface area contributed by atoms with Crippen molar-refractivity contribution in [3.8, 4) is 28.3 Å². The van der Waals surface area contributed by atoms with Crippen molar-refractivity contribution in [2.75, 3.05) is 13.7 Å². The van der Waals surface area contributed by atoms with Gasteiger partial charge in [0.25, 0.3) is 5.56 Å². The first-order valence-electron chi connectivity index (χ1n) is 15.6. The van der Waals surface area contributed by atoms with Gasteiger partial charge in [-0.3, -0.25) is 18.9 Å². The number of aromatic nitrogens is 5. The van der Waals surface area contributed by atoms with E-state index in [9.17, 15) is 14.7 Å². The van der Waals surface area contributed by atoms with Gasteiger partial charge in [0, 0.05) is 29.7 Å². The third-order valence-electron chi connectivity index (χ3n) is 8.61. The van der Waals surface area contributed by atoms with Gasteiger partial charge in [-0.15, -0.1) is 0 Å². The van der Waals surface area contributed by atoms with E-state index >= 15 is 0 Å². The molecule has 0 saturated heterocycles. The van der Waals surface area contributed by atoms with Crippen LogP contribution in [-0.2, 0) is 17.6 Å². The molecule has 1 saturated carbocycles. The predicted octanol–water partition coefficient (Wildman–Crippen LogP) is 4.94. The lowest BCUT2D eigenvalue weighted by atomic mass is 9.92. The van der Waals surface area contributed by atoms with Crippen molar-refractivity contribution >= 4 is 5.65 Å². The zero-order valence-corrected chi connectivity index (χ0v) is 25.9. The minimum absolute atomic E-state index is 0.00580. The number of hydrogen-bond acceptors (Lipinski definition) is 8. The Morgan fingerprint density at radius 1 is 1.09 bits per heavy atom. The molecule has 1 aliphatic carbocycles. The van der Waals surface area contributed by atoms with Crippen molar-refractivity contribution in [1.82, 2.24) is 24.3 Å². The van der Waals surface area contributed by atoms with Crippen LogP contribution >= 0.6 is 0 Å². The molecule has 0 spiro atoms. The molecule has 1 unspecified atom stereocenters. The van der Waals surface area contributed by atoms with Crippen LogP contribution in [0.5, 0.6) is 5.75 Å². The molecule has 11 nitrogen and oxygen atoms in total. The van der Waals surface area contributed by atoms with Crippen LogP contribution in [0.2, 0.25) is 0 Å². The van der Waals surface area contributed by atoms with E-state index in [0.717, 1.165) is 65.7 Å². The van der Waals surface area contributed by atoms with E-state index in [2.05, 4.69) is 22.2 Å². The van der Waals surface area contributed by atoms with Gasteiger partial charge in [0.15, 0.2) is 5.82 Å². The number of fused-ring (bicyclic) bond motifs is 1. The zero-order valence-electron chi connectivity index (χ0n) is 25.9. The van der Waals surface area contributed by atoms with Crippen LogP contribution in [0.1, 0.15) is 68.8 Å². The monoisotopic (exact) mass is 613 g/mol. The van der Waals surface area contributed by atoms with Crippen molar-refractivity contribution < 1.29 is 19.1 Å². The maximum absolute atomic E-state index is 14.4. The van der Waals surface area contributed by atoms with Crippen LogP contribution in [0.3, 0.4) is 0 Å². The highest BCUT2D eigenvalue weighted by Crippen LogP contribution is 2.35. The second-order valence-electron chi connectivity index (χ2n) is 11.8. The van der Waals surface area contributed by atoms with Crippen LogP contribution in [0, 0.1) is 0 Å². The first-order valence-corrected chi connectivity index (χ1v) is 15.6. The van der Waals surface area contributed by atoms with Crippen molar-refractivity contribution in [1.29, 1.82) is 0 Å². The van der Waals surface area contributed by atoms with E-state index in [0.29, 0.717) is 36.6 Å². The Hall–Kier alpha value is -4.48. The van der Waals surface area contributed by atoms with E-state index in [-0.39, 0.29) is 17.7 Å². The zero-order chi connectivity index (χ0) is 31.5. The molecule has 236 valence electrons. The van der Waals surface area contributed by atoms with Crippen LogP contribution in [0.15, 0.2) is 68.8 Å². The van der Waals surface area contributed by atoms with Gasteiger partial charge in [-0.25, -0.2) is 9.31 Å². The summed E-state index contributed by atoms with van der Waals surface area (Å²) in [5.74, 6) is 0.383. The van der Waals surface area contributed by atoms with Crippen molar-refractivity contribution in [3.63, 3.8) is 0 Å². The molecule has 45 heavy (non-hydrogen) atoms. The Morgan fingerprint density at radius 3 is 2.56 bits per heavy atom. The molecule has 5 aromatic rings. The standard InChI is InChI=1S/C34H39N5O6/c1-4-7-29-28(33(41)38(31-16-17-35-39(29)31)24-12-14-25(15-13-24)44-20-21(2)40)18-23-11-10-22(19-30(23)43-3)26-8-5-6-9-27(26)32-36-34(42)45-37-32/h5-6,8-11,16-17,19,21,24-25,40H,4,7,12-15,18,20H2,1-3H3,(H,36,37,42). The number of benzene rings is 2. The smallest absolute Gasteiger partial charge is 0.439 e. The van der Waals surface area contributed by atoms with Crippen molar-refractivity contribution in [2.24, 2.45) is 0 Å². The average Bonchev–Trinajstić information content (AvgIpc) is 3.72. The molecule has 6 rings (SSSR count). The van der Waals surface area contributed by atoms with Crippen LogP contribution in [0.25, 0.3) is 28.2 Å². The van der Waals surface area contributed by atoms with Gasteiger partial charge >= 0.3 is 5.76 Å². The fourth-order valence-corrected chi connectivity index (χ4v) is 6.49. The Kier molecular flexibility index (Phi) is 8.99. The summed E-state index contributed by atoms with van der Waals surface area (Å²) in [6.45, 7) is 4.16. The topological polar surface area (TPSA) is 137 Å². The Labute approximate surface area is 260 Å². The summed E-state index contributed by atoms with van der Waals surface area (Å²) < 4.78 is 20.4. The minimum Gasteiger partial charge on any atom is -0.496 e. The normalized spacial score (nSPS) is 17.5. The SMILES string of the molecule is CCCc1c(Cc2ccc(-c3ccccc3-c3noc(=O)[nH]3)cc2OC)c(=O)n(C2CCC(OCC(C)O)CC2)c2ccnn12. The first-order chi connectivity index (χ1) is 21.9. The minimum atomic E-state index is -0.617. The molecule has 0 radical (unpaired) electrons. The Balaban J connectivity index is 1.37. The summed E-state index contributed by atoms with van der Waals surface area (Å²) in [4.78, 5) is 28.7. The third kappa shape index (κ3) is 6.23. The van der Waals surface area contributed by atoms with E-state index in [4.69, 9.17) is 14.0 Å². The summed E-state index contributed by atoms with van der Waals surface area (Å²) in [6, 6.07) is 15.5. The van der Waals surface area contributed by atoms with E-state index in [1.165, 1.54) is 0 Å². The molecule has 0 amide bonds. The second kappa shape index (κ2) is 13.3. The van der Waals surface area contributed by atoms with E-state index < -0.39 is 11.9 Å². The molecule has 1 fully saturated rings. The number of H-pyrrole nitrogens is 1. The number of hydrogen-bond donors (Lipinski definition) is 2. The van der Waals surface area contributed by atoms with Gasteiger partial charge in [-0.1, -0.05) is 54.9 Å². The van der Waals surface area contributed by atoms with Crippen molar-refractivity contribution in [2.45, 2.75) is 77.0 Å². The number of aliphatic hydroxyl groups excluding tert-OH is 1. The van der Waals surface area contributed by atoms with Crippen LogP contribution in [0.4, 0.5) is 0 Å². The number of aliphatic hydroxyl groups is 1. The first kappa shape index (κ1) is 30.5. The lowest BCUT2D eigenvalue weighted by Crippen LogP contribution is -2.35. The summed E-state index contributed by atoms with van der Waals surface area (Å²) in [7, 11) is 1.63. The molecule has 0 bridgehead atoms. The highest BCUT2D eigenvalue weighted by molar-refractivity contribution is 5.81. The van der Waals surface area contributed by atoms with E-state index in [1.54, 1.807) is 20.2 Å². The van der Waals surface area contributed by atoms with Gasteiger partial charge in [0.2, 0.25) is 0 Å². The molecule has 3 aromatic heterocycles. The number of aryl methyl sites for hydroxylation is 1. The molecule has 0 aliphatic heterocycles. The van der Waals surface area contributed by atoms with Crippen LogP contribution in [-0.4, -0.2) is 55.4 Å². The average molecular weight is 614 g/mol. The molecule has 2 aromatic carbocycles. The van der Waals surface area contributed by atoms with Gasteiger partial charge in [-0.05, 0) is 61.8 Å². The van der Waals surface area contributed by atoms with E-state index in [1.807, 2.05) is 57.6 Å². The molecule has 11 heteroatoms. The highest BCUT2D eigenvalue weighted by Gasteiger charge is 2.28. The quantitative estimate of drug-likeness (QED) is 0.214. The number of nitrogens with one attached hydrogen (secondary N) is 1. The fourth-order valence-electron chi connectivity index (χ4n) is 6.49. The molecule has 3 heterocycles. The number of nitrogens with zero attached hydrogens (tertiary/aromatic N) is 4. The predicted molar refractivity (Wildman–Crippen MR) is 170 cm³/mol. The molecular formula is C34H39N5O6. The van der Waals surface area contributed by atoms with Gasteiger partial charge < -0.3 is 14.6 Å². The third-order valence-corrected chi connectivity index (χ3v) is 8.61. The van der Waals surface area contributed by atoms with Gasteiger partial charge in [-0.2, -0.15) is 5.10 Å². The fraction of sp³-hybridized carbons (Fsp3) is 0.412. The summed E-state index contributed by atoms with van der Waals surface area (Å²) >= 11 is 0. The molecule has 1 atom stereocenters. The highest BCUT2D eigenvalue weighted by atomic mass is 16.5. The summed E-state index contributed by atoms with van der Waals surface area (Å²) in [6.07, 6.45) is 6.61. The lowest BCUT2D eigenvalue weighted by Gasteiger charge is -2.31. The number of methoxy groups -OCH3 is 1. The maximum Gasteiger partial charge on any atom is 0.439 e. The number of ether oxygens (including phenoxy) is 2. The van der Waals surface area contributed by atoms with Crippen LogP contribution < -0.4 is 16.1 Å². The summed E-state index contributed by atoms with van der Waals surface area (Å²) in [5, 5.41) is 18.2. The van der Waals surface area contributed by atoms with Gasteiger partial charge in [0.05, 0.1) is 37.8 Å². The Morgan fingerprint density at radius 2 is 1.87 bits per heavy atom. The maximum atomic E-state index is 14.4.